The minimum absolute atomic E-state index is 0.0147. The lowest BCUT2D eigenvalue weighted by Crippen LogP contribution is -2.27. The summed E-state index contributed by atoms with van der Waals surface area (Å²) in [5, 5.41) is 14.4. The van der Waals surface area contributed by atoms with Gasteiger partial charge in [-0.2, -0.15) is 5.21 Å². The zero-order valence-electron chi connectivity index (χ0n) is 24.7. The van der Waals surface area contributed by atoms with E-state index in [4.69, 9.17) is 0 Å². The van der Waals surface area contributed by atoms with Gasteiger partial charge in [0.25, 0.3) is 0 Å². The van der Waals surface area contributed by atoms with E-state index in [1.807, 2.05) is 21.3 Å². The molecule has 212 valence electrons. The first-order valence-electron chi connectivity index (χ1n) is 14.5. The molecule has 0 fully saturated rings. The first-order valence-corrected chi connectivity index (χ1v) is 14.5. The maximum Gasteiger partial charge on any atom is 0.333 e. The number of hydrogen-bond donors (Lipinski definition) is 1. The monoisotopic (exact) mass is 549 g/mol. The summed E-state index contributed by atoms with van der Waals surface area (Å²) in [5.74, 6) is 0.455. The largest absolute Gasteiger partial charge is 0.333 e. The highest BCUT2D eigenvalue weighted by molar-refractivity contribution is 5.77. The summed E-state index contributed by atoms with van der Waals surface area (Å²) in [7, 11) is 0. The number of H-pyrrole nitrogens is 1. The molecule has 41 heavy (non-hydrogen) atoms. The molecule has 0 saturated carbocycles. The molecule has 0 atom stereocenters. The quantitative estimate of drug-likeness (QED) is 0.214. The van der Waals surface area contributed by atoms with Crippen molar-refractivity contribution in [2.24, 2.45) is 0 Å². The van der Waals surface area contributed by atoms with Crippen LogP contribution in [0.25, 0.3) is 28.3 Å². The van der Waals surface area contributed by atoms with E-state index in [9.17, 15) is 4.79 Å². The van der Waals surface area contributed by atoms with Gasteiger partial charge in [0.1, 0.15) is 5.69 Å². The average molecular weight is 550 g/mol. The van der Waals surface area contributed by atoms with Crippen LogP contribution in [0.15, 0.2) is 71.8 Å². The number of nitrogens with zero attached hydrogens (tertiary/aromatic N) is 6. The molecule has 8 heteroatoms. The lowest BCUT2D eigenvalue weighted by Gasteiger charge is -2.25. The molecule has 8 nitrogen and oxygen atoms in total. The SMILES string of the molecule is CCCCc1cn(-c2c(CCC)cccc2C(C)(C)C)c(=O)n1Cc1ccc(-c2cccnc2-c2nn[nH]n2)cc1. The fourth-order valence-corrected chi connectivity index (χ4v) is 5.42. The minimum atomic E-state index is -0.0906. The van der Waals surface area contributed by atoms with Gasteiger partial charge in [0, 0.05) is 23.7 Å². The topological polar surface area (TPSA) is 94.3 Å². The van der Waals surface area contributed by atoms with Crippen molar-refractivity contribution in [2.75, 3.05) is 0 Å². The molecule has 0 saturated heterocycles. The second kappa shape index (κ2) is 12.0. The smallest absolute Gasteiger partial charge is 0.292 e. The number of tetrazole rings is 1. The maximum atomic E-state index is 14.2. The van der Waals surface area contributed by atoms with E-state index in [0.29, 0.717) is 18.1 Å². The average Bonchev–Trinajstić information content (AvgIpc) is 3.61. The number of benzene rings is 2. The van der Waals surface area contributed by atoms with Crippen LogP contribution >= 0.6 is 0 Å². The van der Waals surface area contributed by atoms with Crippen LogP contribution in [0, 0.1) is 0 Å². The molecule has 3 heterocycles. The van der Waals surface area contributed by atoms with Crippen LogP contribution in [0.4, 0.5) is 0 Å². The highest BCUT2D eigenvalue weighted by Crippen LogP contribution is 2.32. The summed E-state index contributed by atoms with van der Waals surface area (Å²) in [6.45, 7) is 11.5. The number of rotatable bonds is 10. The van der Waals surface area contributed by atoms with Crippen molar-refractivity contribution in [2.45, 2.75) is 78.7 Å². The van der Waals surface area contributed by atoms with E-state index in [2.05, 4.69) is 109 Å². The molecule has 0 aliphatic rings. The van der Waals surface area contributed by atoms with Crippen molar-refractivity contribution < 1.29 is 0 Å². The molecule has 0 spiro atoms. The Morgan fingerprint density at radius 3 is 2.41 bits per heavy atom. The highest BCUT2D eigenvalue weighted by atomic mass is 16.1. The van der Waals surface area contributed by atoms with Crippen LogP contribution in [0.3, 0.4) is 0 Å². The Balaban J connectivity index is 1.54. The third kappa shape index (κ3) is 5.92. The van der Waals surface area contributed by atoms with Crippen LogP contribution in [-0.4, -0.2) is 34.7 Å². The number of nitrogens with one attached hydrogen (secondary N) is 1. The number of hydrogen-bond acceptors (Lipinski definition) is 5. The van der Waals surface area contributed by atoms with Gasteiger partial charge in [0.15, 0.2) is 0 Å². The van der Waals surface area contributed by atoms with Crippen LogP contribution in [-0.2, 0) is 24.8 Å². The zero-order chi connectivity index (χ0) is 29.0. The summed E-state index contributed by atoms with van der Waals surface area (Å²) in [6, 6.07) is 18.7. The number of para-hydroxylation sites is 1. The Morgan fingerprint density at radius 1 is 0.927 bits per heavy atom. The fourth-order valence-electron chi connectivity index (χ4n) is 5.42. The van der Waals surface area contributed by atoms with Crippen LogP contribution in [0.5, 0.6) is 0 Å². The van der Waals surface area contributed by atoms with Gasteiger partial charge in [-0.3, -0.25) is 14.1 Å². The van der Waals surface area contributed by atoms with Gasteiger partial charge in [-0.15, -0.1) is 10.2 Å². The number of aromatic amines is 1. The molecule has 1 N–H and O–H groups in total. The van der Waals surface area contributed by atoms with E-state index >= 15 is 0 Å². The second-order valence-corrected chi connectivity index (χ2v) is 11.6. The normalized spacial score (nSPS) is 11.7. The molecule has 0 aliphatic heterocycles. The molecular weight excluding hydrogens is 510 g/mol. The van der Waals surface area contributed by atoms with Gasteiger partial charge >= 0.3 is 5.69 Å². The van der Waals surface area contributed by atoms with Crippen molar-refractivity contribution >= 4 is 0 Å². The van der Waals surface area contributed by atoms with Crippen molar-refractivity contribution in [3.63, 3.8) is 0 Å². The Morgan fingerprint density at radius 2 is 1.73 bits per heavy atom. The number of unbranched alkanes of at least 4 members (excludes halogenated alkanes) is 1. The standard InChI is InChI=1S/C33H39N7O/c1-6-8-13-26-22-40(30-25(11-7-2)12-9-15-28(30)33(3,4)5)32(41)39(26)21-23-16-18-24(19-17-23)27-14-10-20-34-29(27)31-35-37-38-36-31/h9-10,12,14-20,22H,6-8,11,13,21H2,1-5H3,(H,35,36,37,38). The lowest BCUT2D eigenvalue weighted by molar-refractivity contribution is 0.583. The van der Waals surface area contributed by atoms with Crippen molar-refractivity contribution in [1.82, 2.24) is 34.7 Å². The van der Waals surface area contributed by atoms with E-state index in [-0.39, 0.29) is 11.1 Å². The van der Waals surface area contributed by atoms with Gasteiger partial charge in [0.05, 0.1) is 12.2 Å². The molecule has 0 amide bonds. The third-order valence-corrected chi connectivity index (χ3v) is 7.51. The maximum absolute atomic E-state index is 14.2. The second-order valence-electron chi connectivity index (χ2n) is 11.6. The Kier molecular flexibility index (Phi) is 8.28. The van der Waals surface area contributed by atoms with Crippen molar-refractivity contribution in [3.05, 3.63) is 99.9 Å². The number of pyridine rings is 1. The third-order valence-electron chi connectivity index (χ3n) is 7.51. The van der Waals surface area contributed by atoms with E-state index in [0.717, 1.165) is 60.2 Å². The molecule has 0 radical (unpaired) electrons. The summed E-state index contributed by atoms with van der Waals surface area (Å²) in [5.41, 5.74) is 8.12. The van der Waals surface area contributed by atoms with Gasteiger partial charge in [-0.25, -0.2) is 4.79 Å². The van der Waals surface area contributed by atoms with E-state index < -0.39 is 0 Å². The Bertz CT molecular complexity index is 1660. The first-order chi connectivity index (χ1) is 19.8. The first kappa shape index (κ1) is 28.2. The Hall–Kier alpha value is -4.33. The van der Waals surface area contributed by atoms with Crippen LogP contribution in [0.2, 0.25) is 0 Å². The molecule has 0 unspecified atom stereocenters. The van der Waals surface area contributed by atoms with Crippen molar-refractivity contribution in [3.8, 4) is 28.3 Å². The highest BCUT2D eigenvalue weighted by Gasteiger charge is 2.24. The number of aromatic nitrogens is 7. The molecule has 3 aromatic heterocycles. The number of imidazole rings is 1. The molecule has 0 aliphatic carbocycles. The van der Waals surface area contributed by atoms with Gasteiger partial charge in [-0.05, 0) is 58.2 Å². The fraction of sp³-hybridized carbons (Fsp3) is 0.364. The van der Waals surface area contributed by atoms with E-state index in [1.54, 1.807) is 6.20 Å². The zero-order valence-corrected chi connectivity index (χ0v) is 24.7. The summed E-state index contributed by atoms with van der Waals surface area (Å²) in [4.78, 5) is 18.6. The van der Waals surface area contributed by atoms with Crippen LogP contribution in [0.1, 0.15) is 76.3 Å². The minimum Gasteiger partial charge on any atom is -0.292 e. The lowest BCUT2D eigenvalue weighted by atomic mass is 9.84. The molecule has 2 aromatic carbocycles. The van der Waals surface area contributed by atoms with Crippen LogP contribution < -0.4 is 5.69 Å². The van der Waals surface area contributed by atoms with Gasteiger partial charge in [0.2, 0.25) is 5.82 Å². The predicted molar refractivity (Wildman–Crippen MR) is 163 cm³/mol. The van der Waals surface area contributed by atoms with Crippen molar-refractivity contribution in [1.29, 1.82) is 0 Å². The van der Waals surface area contributed by atoms with Gasteiger partial charge in [-0.1, -0.05) is 96.0 Å². The summed E-state index contributed by atoms with van der Waals surface area (Å²) in [6.07, 6.45) is 8.73. The van der Waals surface area contributed by atoms with Gasteiger partial charge < -0.3 is 0 Å². The molecule has 5 aromatic rings. The summed E-state index contributed by atoms with van der Waals surface area (Å²) >= 11 is 0. The predicted octanol–water partition coefficient (Wildman–Crippen LogP) is 6.52. The Labute approximate surface area is 241 Å². The van der Waals surface area contributed by atoms with E-state index in [1.165, 1.54) is 11.1 Å². The summed E-state index contributed by atoms with van der Waals surface area (Å²) < 4.78 is 3.87. The molecule has 0 bridgehead atoms. The molecule has 5 rings (SSSR count). The number of aryl methyl sites for hydroxylation is 2. The molecular formula is C33H39N7O.